The summed E-state index contributed by atoms with van der Waals surface area (Å²) in [5.74, 6) is 2.16. The molecule has 25 heavy (non-hydrogen) atoms. The molecule has 3 aromatic rings. The van der Waals surface area contributed by atoms with Gasteiger partial charge < -0.3 is 9.57 Å². The Morgan fingerprint density at radius 3 is 2.40 bits per heavy atom. The SMILES string of the molecule is O=c1ccccn1C1=NO[C@H](c2ccc(Oc3ccccc3)cc2)C1. The third kappa shape index (κ3) is 3.30. The summed E-state index contributed by atoms with van der Waals surface area (Å²) in [6.07, 6.45) is 2.04. The zero-order valence-electron chi connectivity index (χ0n) is 13.4. The fraction of sp³-hybridized carbons (Fsp3) is 0.100. The average molecular weight is 332 g/mol. The van der Waals surface area contributed by atoms with Crippen molar-refractivity contribution in [3.05, 3.63) is 94.9 Å². The Balaban J connectivity index is 1.45. The summed E-state index contributed by atoms with van der Waals surface area (Å²) in [5.41, 5.74) is 0.875. The van der Waals surface area contributed by atoms with Crippen LogP contribution < -0.4 is 10.3 Å². The fourth-order valence-electron chi connectivity index (χ4n) is 2.70. The first kappa shape index (κ1) is 15.2. The molecule has 0 bridgehead atoms. The minimum Gasteiger partial charge on any atom is -0.457 e. The molecule has 1 aliphatic rings. The van der Waals surface area contributed by atoms with Gasteiger partial charge in [0.1, 0.15) is 11.5 Å². The number of nitrogens with zero attached hydrogens (tertiary/aromatic N) is 2. The van der Waals surface area contributed by atoms with E-state index >= 15 is 0 Å². The number of ether oxygens (including phenoxy) is 1. The van der Waals surface area contributed by atoms with Gasteiger partial charge in [-0.1, -0.05) is 41.6 Å². The quantitative estimate of drug-likeness (QED) is 0.729. The van der Waals surface area contributed by atoms with Crippen LogP contribution in [0.25, 0.3) is 0 Å². The lowest BCUT2D eigenvalue weighted by atomic mass is 10.1. The first-order valence-electron chi connectivity index (χ1n) is 8.03. The Labute approximate surface area is 144 Å². The lowest BCUT2D eigenvalue weighted by Crippen LogP contribution is -2.24. The third-order valence-electron chi connectivity index (χ3n) is 3.98. The van der Waals surface area contributed by atoms with Gasteiger partial charge in [0.15, 0.2) is 11.9 Å². The van der Waals surface area contributed by atoms with E-state index in [-0.39, 0.29) is 11.7 Å². The molecular formula is C20H16N2O3. The number of hydrogen-bond donors (Lipinski definition) is 0. The molecule has 5 nitrogen and oxygen atoms in total. The van der Waals surface area contributed by atoms with E-state index in [0.717, 1.165) is 17.1 Å². The highest BCUT2D eigenvalue weighted by atomic mass is 16.6. The molecule has 0 fully saturated rings. The zero-order chi connectivity index (χ0) is 17.1. The maximum Gasteiger partial charge on any atom is 0.256 e. The van der Waals surface area contributed by atoms with E-state index < -0.39 is 0 Å². The summed E-state index contributed by atoms with van der Waals surface area (Å²) in [5, 5.41) is 4.06. The summed E-state index contributed by atoms with van der Waals surface area (Å²) in [7, 11) is 0. The molecule has 5 heteroatoms. The van der Waals surface area contributed by atoms with E-state index in [1.165, 1.54) is 10.6 Å². The van der Waals surface area contributed by atoms with Gasteiger partial charge in [0.05, 0.1) is 6.42 Å². The molecule has 0 unspecified atom stereocenters. The number of pyridine rings is 1. The van der Waals surface area contributed by atoms with Crippen LogP contribution >= 0.6 is 0 Å². The summed E-state index contributed by atoms with van der Waals surface area (Å²) >= 11 is 0. The molecule has 0 aliphatic carbocycles. The first-order chi connectivity index (χ1) is 12.3. The van der Waals surface area contributed by atoms with Crippen molar-refractivity contribution in [3.8, 4) is 11.5 Å². The molecule has 0 N–H and O–H groups in total. The smallest absolute Gasteiger partial charge is 0.256 e. The van der Waals surface area contributed by atoms with Crippen molar-refractivity contribution in [1.82, 2.24) is 4.57 Å². The summed E-state index contributed by atoms with van der Waals surface area (Å²) < 4.78 is 7.29. The van der Waals surface area contributed by atoms with Gasteiger partial charge >= 0.3 is 0 Å². The van der Waals surface area contributed by atoms with Crippen LogP contribution in [0.15, 0.2) is 88.9 Å². The number of hydrogen-bond acceptors (Lipinski definition) is 4. The molecular weight excluding hydrogens is 316 g/mol. The first-order valence-corrected chi connectivity index (χ1v) is 8.03. The number of benzene rings is 2. The fourth-order valence-corrected chi connectivity index (χ4v) is 2.70. The van der Waals surface area contributed by atoms with Crippen LogP contribution in [0.3, 0.4) is 0 Å². The summed E-state index contributed by atoms with van der Waals surface area (Å²) in [6, 6.07) is 22.3. The van der Waals surface area contributed by atoms with Gasteiger partial charge in [-0.25, -0.2) is 0 Å². The highest BCUT2D eigenvalue weighted by molar-refractivity contribution is 5.85. The Morgan fingerprint density at radius 1 is 0.920 bits per heavy atom. The predicted octanol–water partition coefficient (Wildman–Crippen LogP) is 3.96. The minimum absolute atomic E-state index is 0.114. The largest absolute Gasteiger partial charge is 0.457 e. The van der Waals surface area contributed by atoms with Crippen molar-refractivity contribution >= 4 is 5.84 Å². The monoisotopic (exact) mass is 332 g/mol. The van der Waals surface area contributed by atoms with Crippen LogP contribution in [-0.2, 0) is 4.84 Å². The van der Waals surface area contributed by atoms with Crippen LogP contribution in [0.4, 0.5) is 0 Å². The van der Waals surface area contributed by atoms with Crippen LogP contribution in [0.2, 0.25) is 0 Å². The molecule has 1 atom stereocenters. The highest BCUT2D eigenvalue weighted by Gasteiger charge is 2.24. The van der Waals surface area contributed by atoms with Gasteiger partial charge in [-0.05, 0) is 35.9 Å². The highest BCUT2D eigenvalue weighted by Crippen LogP contribution is 2.29. The number of aromatic nitrogens is 1. The molecule has 2 aromatic carbocycles. The number of oxime groups is 1. The number of rotatable bonds is 3. The van der Waals surface area contributed by atoms with Crippen molar-refractivity contribution in [2.24, 2.45) is 5.16 Å². The second-order valence-corrected chi connectivity index (χ2v) is 5.70. The second-order valence-electron chi connectivity index (χ2n) is 5.70. The lowest BCUT2D eigenvalue weighted by molar-refractivity contribution is 0.0856. The van der Waals surface area contributed by atoms with Crippen molar-refractivity contribution in [2.75, 3.05) is 0 Å². The molecule has 1 aromatic heterocycles. The average Bonchev–Trinajstić information content (AvgIpc) is 3.13. The van der Waals surface area contributed by atoms with Gasteiger partial charge in [-0.2, -0.15) is 0 Å². The molecule has 4 rings (SSSR count). The van der Waals surface area contributed by atoms with Crippen molar-refractivity contribution in [1.29, 1.82) is 0 Å². The molecule has 0 radical (unpaired) electrons. The van der Waals surface area contributed by atoms with Crippen molar-refractivity contribution in [2.45, 2.75) is 12.5 Å². The van der Waals surface area contributed by atoms with E-state index in [1.54, 1.807) is 18.3 Å². The standard InChI is InChI=1S/C20H16N2O3/c23-20-8-4-5-13-22(20)19-14-18(25-21-19)15-9-11-17(12-10-15)24-16-6-2-1-3-7-16/h1-13,18H,14H2/t18-/m0/s1. The van der Waals surface area contributed by atoms with Gasteiger partial charge in [0.2, 0.25) is 0 Å². The second kappa shape index (κ2) is 6.65. The topological polar surface area (TPSA) is 52.8 Å². The lowest BCUT2D eigenvalue weighted by Gasteiger charge is -2.10. The molecule has 124 valence electrons. The summed E-state index contributed by atoms with van der Waals surface area (Å²) in [6.45, 7) is 0. The van der Waals surface area contributed by atoms with Gasteiger partial charge in [-0.3, -0.25) is 9.36 Å². The zero-order valence-corrected chi connectivity index (χ0v) is 13.4. The molecule has 0 saturated heterocycles. The maximum absolute atomic E-state index is 11.9. The minimum atomic E-state index is -0.201. The molecule has 0 saturated carbocycles. The Bertz CT molecular complexity index is 946. The van der Waals surface area contributed by atoms with E-state index in [9.17, 15) is 4.79 Å². The third-order valence-corrected chi connectivity index (χ3v) is 3.98. The van der Waals surface area contributed by atoms with Crippen molar-refractivity contribution in [3.63, 3.8) is 0 Å². The van der Waals surface area contributed by atoms with Gasteiger partial charge in [-0.15, -0.1) is 0 Å². The molecule has 0 spiro atoms. The van der Waals surface area contributed by atoms with Gasteiger partial charge in [0.25, 0.3) is 5.56 Å². The van der Waals surface area contributed by atoms with Gasteiger partial charge in [0, 0.05) is 12.3 Å². The molecule has 2 heterocycles. The Kier molecular flexibility index (Phi) is 4.04. The van der Waals surface area contributed by atoms with Crippen molar-refractivity contribution < 1.29 is 9.57 Å². The normalized spacial score (nSPS) is 16.2. The van der Waals surface area contributed by atoms with E-state index in [4.69, 9.17) is 9.57 Å². The van der Waals surface area contributed by atoms with Crippen LogP contribution in [0.1, 0.15) is 18.1 Å². The Morgan fingerprint density at radius 2 is 1.64 bits per heavy atom. The summed E-state index contributed by atoms with van der Waals surface area (Å²) in [4.78, 5) is 17.4. The van der Waals surface area contributed by atoms with E-state index in [1.807, 2.05) is 54.6 Å². The van der Waals surface area contributed by atoms with E-state index in [2.05, 4.69) is 5.16 Å². The number of para-hydroxylation sites is 1. The predicted molar refractivity (Wildman–Crippen MR) is 94.9 cm³/mol. The van der Waals surface area contributed by atoms with E-state index in [0.29, 0.717) is 12.3 Å². The Hall–Kier alpha value is -3.34. The molecule has 1 aliphatic heterocycles. The van der Waals surface area contributed by atoms with Crippen LogP contribution in [-0.4, -0.2) is 10.4 Å². The molecule has 0 amide bonds. The van der Waals surface area contributed by atoms with Crippen LogP contribution in [0, 0.1) is 0 Å². The maximum atomic E-state index is 11.9. The van der Waals surface area contributed by atoms with Crippen LogP contribution in [0.5, 0.6) is 11.5 Å².